The van der Waals surface area contributed by atoms with Crippen LogP contribution in [0.25, 0.3) is 21.5 Å². The molecule has 0 aromatic heterocycles. The van der Waals surface area contributed by atoms with Crippen LogP contribution in [0.3, 0.4) is 0 Å². The lowest BCUT2D eigenvalue weighted by atomic mass is 9.65. The molecular weight excluding hydrogens is 512 g/mol. The minimum atomic E-state index is -1.14. The summed E-state index contributed by atoms with van der Waals surface area (Å²) in [4.78, 5) is 53.9. The van der Waals surface area contributed by atoms with Gasteiger partial charge in [0, 0.05) is 21.5 Å². The van der Waals surface area contributed by atoms with Crippen LogP contribution in [0.15, 0.2) is 66.8 Å². The number of carbonyl (C=O) groups is 4. The molecule has 9 atom stereocenters. The molecule has 9 bridgehead atoms. The van der Waals surface area contributed by atoms with Crippen molar-refractivity contribution in [1.29, 1.82) is 0 Å². The van der Waals surface area contributed by atoms with E-state index in [1.165, 1.54) is 0 Å². The molecule has 2 saturated carbocycles. The third kappa shape index (κ3) is 2.57. The third-order valence-electron chi connectivity index (χ3n) is 10.3. The molecule has 2 aliphatic heterocycles. The number of carboxylic acids is 2. The van der Waals surface area contributed by atoms with Crippen LogP contribution in [-0.2, 0) is 19.2 Å². The molecular formula is C32H24O8. The molecule has 200 valence electrons. The highest BCUT2D eigenvalue weighted by molar-refractivity contribution is 6.13. The molecule has 3 aromatic rings. The molecule has 9 unspecified atom stereocenters. The maximum absolute atomic E-state index is 14.2. The van der Waals surface area contributed by atoms with Crippen LogP contribution < -0.4 is 9.47 Å². The van der Waals surface area contributed by atoms with E-state index in [0.717, 1.165) is 5.56 Å². The van der Waals surface area contributed by atoms with E-state index in [1.54, 1.807) is 42.5 Å². The molecule has 0 saturated heterocycles. The number of hydrogen-bond acceptors (Lipinski definition) is 6. The van der Waals surface area contributed by atoms with Crippen molar-refractivity contribution < 1.29 is 38.9 Å². The fourth-order valence-corrected chi connectivity index (χ4v) is 9.07. The second-order valence-electron chi connectivity index (χ2n) is 11.7. The normalized spacial score (nSPS) is 36.4. The van der Waals surface area contributed by atoms with E-state index in [2.05, 4.69) is 0 Å². The van der Waals surface area contributed by atoms with Gasteiger partial charge >= 0.3 is 23.9 Å². The van der Waals surface area contributed by atoms with Gasteiger partial charge in [-0.15, -0.1) is 0 Å². The van der Waals surface area contributed by atoms with Gasteiger partial charge in [-0.3, -0.25) is 19.2 Å². The molecule has 2 N–H and O–H groups in total. The second kappa shape index (κ2) is 7.59. The van der Waals surface area contributed by atoms with Crippen LogP contribution in [0.5, 0.6) is 11.5 Å². The van der Waals surface area contributed by atoms with Crippen molar-refractivity contribution in [2.75, 3.05) is 0 Å². The van der Waals surface area contributed by atoms with Crippen molar-refractivity contribution in [3.63, 3.8) is 0 Å². The Labute approximate surface area is 227 Å². The number of hydrogen-bond donors (Lipinski definition) is 2. The monoisotopic (exact) mass is 536 g/mol. The number of aryl methyl sites for hydroxylation is 1. The van der Waals surface area contributed by atoms with Crippen molar-refractivity contribution in [2.45, 2.75) is 6.92 Å². The largest absolute Gasteiger partial charge is 0.481 e. The number of carbonyl (C=O) groups excluding carboxylic acids is 2. The van der Waals surface area contributed by atoms with Gasteiger partial charge in [-0.2, -0.15) is 0 Å². The van der Waals surface area contributed by atoms with Crippen LogP contribution in [0, 0.1) is 59.7 Å². The first-order valence-corrected chi connectivity index (χ1v) is 13.5. The van der Waals surface area contributed by atoms with Crippen LogP contribution in [0.4, 0.5) is 0 Å². The number of allylic oxidation sites excluding steroid dienone is 4. The number of aliphatic carboxylic acids is 2. The molecule has 8 heteroatoms. The van der Waals surface area contributed by atoms with Gasteiger partial charge in [0.15, 0.2) is 0 Å². The molecule has 8 nitrogen and oxygen atoms in total. The summed E-state index contributed by atoms with van der Waals surface area (Å²) in [5.41, 5.74) is -0.0441. The van der Waals surface area contributed by atoms with Crippen LogP contribution in [0.1, 0.15) is 5.56 Å². The molecule has 0 radical (unpaired) electrons. The lowest BCUT2D eigenvalue weighted by Gasteiger charge is -2.37. The topological polar surface area (TPSA) is 127 Å². The van der Waals surface area contributed by atoms with Crippen molar-refractivity contribution in [1.82, 2.24) is 0 Å². The Morgan fingerprint density at radius 2 is 1.12 bits per heavy atom. The maximum atomic E-state index is 14.2. The summed E-state index contributed by atoms with van der Waals surface area (Å²) in [6.45, 7) is 1.89. The summed E-state index contributed by atoms with van der Waals surface area (Å²) in [6, 6.07) is 12.6. The molecule has 40 heavy (non-hydrogen) atoms. The Kier molecular flexibility index (Phi) is 4.45. The van der Waals surface area contributed by atoms with Gasteiger partial charge in [0.25, 0.3) is 0 Å². The van der Waals surface area contributed by atoms with E-state index < -0.39 is 76.6 Å². The highest BCUT2D eigenvalue weighted by atomic mass is 16.5. The van der Waals surface area contributed by atoms with E-state index >= 15 is 0 Å². The number of fused-ring (bicyclic) bond motifs is 2. The minimum absolute atomic E-state index is 0.286. The highest BCUT2D eigenvalue weighted by Crippen LogP contribution is 2.76. The lowest BCUT2D eigenvalue weighted by Crippen LogP contribution is -2.38. The average Bonchev–Trinajstić information content (AvgIpc) is 3.66. The Balaban J connectivity index is 1.46. The van der Waals surface area contributed by atoms with Gasteiger partial charge in [-0.1, -0.05) is 66.3 Å². The standard InChI is InChI=1S/C32H24O8/c1-13-6-7-16-17(12-13)27-15-5-3-2-4-14(15)26(16)39-30(37)24-20-10-8-18(22(24)28(33)34)32(20)19-9-11-21(32)25(31(38)40-27)23(19)29(35)36/h2-12,18-25H,1H3,(H,33,34)(H,35,36). The first kappa shape index (κ1) is 23.4. The summed E-state index contributed by atoms with van der Waals surface area (Å²) in [6.07, 6.45) is 7.30. The first-order valence-electron chi connectivity index (χ1n) is 13.5. The predicted octanol–water partition coefficient (Wildman–Crippen LogP) is 4.38. The van der Waals surface area contributed by atoms with Gasteiger partial charge in [0.2, 0.25) is 0 Å². The van der Waals surface area contributed by atoms with Gasteiger partial charge in [0.05, 0.1) is 23.7 Å². The predicted molar refractivity (Wildman–Crippen MR) is 141 cm³/mol. The molecule has 4 aliphatic carbocycles. The third-order valence-corrected chi connectivity index (χ3v) is 10.3. The number of carboxylic acid groups (broad SMARTS) is 2. The van der Waals surface area contributed by atoms with Crippen molar-refractivity contribution in [2.24, 2.45) is 52.8 Å². The van der Waals surface area contributed by atoms with Gasteiger partial charge in [0.1, 0.15) is 11.5 Å². The number of ether oxygens (including phenoxy) is 2. The van der Waals surface area contributed by atoms with E-state index in [4.69, 9.17) is 9.47 Å². The zero-order valence-electron chi connectivity index (χ0n) is 21.3. The summed E-state index contributed by atoms with van der Waals surface area (Å²) < 4.78 is 12.4. The molecule has 9 rings (SSSR count). The summed E-state index contributed by atoms with van der Waals surface area (Å²) in [7, 11) is 0. The second-order valence-corrected chi connectivity index (χ2v) is 11.7. The van der Waals surface area contributed by atoms with E-state index in [0.29, 0.717) is 21.5 Å². The Hall–Kier alpha value is -4.46. The Morgan fingerprint density at radius 1 is 0.675 bits per heavy atom. The number of esters is 2. The first-order chi connectivity index (χ1) is 19.2. The zero-order valence-corrected chi connectivity index (χ0v) is 21.3. The van der Waals surface area contributed by atoms with Gasteiger partial charge in [-0.05, 0) is 42.1 Å². The van der Waals surface area contributed by atoms with Crippen LogP contribution in [-0.4, -0.2) is 34.1 Å². The number of benzene rings is 3. The van der Waals surface area contributed by atoms with Crippen LogP contribution >= 0.6 is 0 Å². The van der Waals surface area contributed by atoms with Gasteiger partial charge in [-0.25, -0.2) is 0 Å². The molecule has 2 heterocycles. The summed E-state index contributed by atoms with van der Waals surface area (Å²) in [5.74, 6) is -9.79. The molecule has 6 aliphatic rings. The van der Waals surface area contributed by atoms with E-state index in [-0.39, 0.29) is 11.5 Å². The van der Waals surface area contributed by atoms with E-state index in [1.807, 2.05) is 31.2 Å². The average molecular weight is 537 g/mol. The minimum Gasteiger partial charge on any atom is -0.481 e. The summed E-state index contributed by atoms with van der Waals surface area (Å²) in [5, 5.41) is 23.0. The van der Waals surface area contributed by atoms with Crippen LogP contribution in [0.2, 0.25) is 0 Å². The molecule has 2 fully saturated rings. The zero-order chi connectivity index (χ0) is 27.7. The Morgan fingerprint density at radius 3 is 1.62 bits per heavy atom. The molecule has 1 spiro atoms. The molecule has 0 amide bonds. The van der Waals surface area contributed by atoms with Crippen molar-refractivity contribution >= 4 is 45.4 Å². The SMILES string of the molecule is Cc1ccc2c3c4ccccc4c(c2c1)OC(=O)C1C(C(=O)O)C2C=CC1C21C2C=CC1C(C(=O)O3)C2C(=O)O. The number of rotatable bonds is 2. The van der Waals surface area contributed by atoms with Gasteiger partial charge < -0.3 is 19.7 Å². The highest BCUT2D eigenvalue weighted by Gasteiger charge is 2.78. The van der Waals surface area contributed by atoms with Crippen molar-refractivity contribution in [3.8, 4) is 11.5 Å². The summed E-state index contributed by atoms with van der Waals surface area (Å²) >= 11 is 0. The molecule has 3 aromatic carbocycles. The lowest BCUT2D eigenvalue weighted by molar-refractivity contribution is -0.152. The Bertz CT molecular complexity index is 1780. The quantitative estimate of drug-likeness (QED) is 0.214. The smallest absolute Gasteiger partial charge is 0.315 e. The van der Waals surface area contributed by atoms with Crippen molar-refractivity contribution in [3.05, 3.63) is 72.3 Å². The maximum Gasteiger partial charge on any atom is 0.315 e. The van der Waals surface area contributed by atoms with E-state index in [9.17, 15) is 29.4 Å². The fourth-order valence-electron chi connectivity index (χ4n) is 9.07. The fraction of sp³-hybridized carbons (Fsp3) is 0.312.